The lowest BCUT2D eigenvalue weighted by atomic mass is 10.4. The van der Waals surface area contributed by atoms with Gasteiger partial charge < -0.3 is 16.4 Å². The molecular formula is C5H14N3S+. The lowest BCUT2D eigenvalue weighted by Crippen LogP contribution is -2.66. The zero-order valence-electron chi connectivity index (χ0n) is 5.92. The minimum atomic E-state index is 0.0231. The summed E-state index contributed by atoms with van der Waals surface area (Å²) in [7, 11) is 1.85. The molecule has 0 aromatic rings. The lowest BCUT2D eigenvalue weighted by molar-refractivity contribution is -0.228. The Morgan fingerprint density at radius 1 is 1.89 bits per heavy atom. The van der Waals surface area contributed by atoms with E-state index >= 15 is 0 Å². The first-order chi connectivity index (χ1) is 4.09. The molecule has 0 fully saturated rings. The molecule has 0 saturated heterocycles. The van der Waals surface area contributed by atoms with E-state index in [0.717, 1.165) is 6.42 Å². The van der Waals surface area contributed by atoms with Crippen LogP contribution in [-0.4, -0.2) is 23.2 Å². The molecule has 9 heavy (non-hydrogen) atoms. The summed E-state index contributed by atoms with van der Waals surface area (Å²) in [5.74, 6) is 0. The maximum absolute atomic E-state index is 5.62. The van der Waals surface area contributed by atoms with Crippen LogP contribution in [0, 0.1) is 0 Å². The highest BCUT2D eigenvalue weighted by molar-refractivity contribution is 7.79. The van der Waals surface area contributed by atoms with Gasteiger partial charge in [0.15, 0.2) is 0 Å². The van der Waals surface area contributed by atoms with Crippen LogP contribution in [-0.2, 0) is 0 Å². The fourth-order valence-electron chi connectivity index (χ4n) is 0.459. The van der Waals surface area contributed by atoms with Crippen LogP contribution >= 0.6 is 12.2 Å². The standard InChI is InChI=1S/C5H13N3S/c1-3-4(6)8(2)5(7)9/h4H,3,6H2,1-2H3,(H2,7,9)/p+1. The predicted octanol–water partition coefficient (Wildman–Crippen LogP) is -0.860. The van der Waals surface area contributed by atoms with Crippen LogP contribution in [0.2, 0.25) is 0 Å². The molecule has 0 aromatic carbocycles. The Morgan fingerprint density at radius 2 is 2.33 bits per heavy atom. The Bertz CT molecular complexity index is 104. The molecule has 0 saturated carbocycles. The second-order valence-electron chi connectivity index (χ2n) is 1.98. The van der Waals surface area contributed by atoms with Gasteiger partial charge in [-0.1, -0.05) is 6.92 Å². The number of hydrogen-bond acceptors (Lipinski definition) is 2. The fraction of sp³-hybridized carbons (Fsp3) is 0.800. The minimum Gasteiger partial charge on any atom is -0.311 e. The summed E-state index contributed by atoms with van der Waals surface area (Å²) in [6, 6.07) is 0. The molecule has 0 aliphatic heterocycles. The number of quaternary nitrogens is 1. The van der Waals surface area contributed by atoms with Gasteiger partial charge >= 0.3 is 0 Å². The fourth-order valence-corrected chi connectivity index (χ4v) is 0.594. The van der Waals surface area contributed by atoms with Gasteiger partial charge in [-0.25, -0.2) is 0 Å². The second kappa shape index (κ2) is 3.76. The number of hydrogen-bond donors (Lipinski definition) is 2. The van der Waals surface area contributed by atoms with E-state index in [9.17, 15) is 0 Å². The van der Waals surface area contributed by atoms with Gasteiger partial charge in [-0.3, -0.25) is 0 Å². The van der Waals surface area contributed by atoms with E-state index in [0.29, 0.717) is 5.11 Å². The highest BCUT2D eigenvalue weighted by Crippen LogP contribution is 1.90. The van der Waals surface area contributed by atoms with Crippen molar-refractivity contribution in [3.8, 4) is 0 Å². The van der Waals surface area contributed by atoms with Crippen molar-refractivity contribution in [2.24, 2.45) is 5.73 Å². The van der Waals surface area contributed by atoms with Crippen molar-refractivity contribution in [1.82, 2.24) is 4.90 Å². The van der Waals surface area contributed by atoms with Gasteiger partial charge in [0.1, 0.15) is 0 Å². The molecule has 0 aromatic heterocycles. The molecule has 0 spiro atoms. The van der Waals surface area contributed by atoms with E-state index < -0.39 is 0 Å². The molecule has 1 atom stereocenters. The molecule has 0 bridgehead atoms. The van der Waals surface area contributed by atoms with Crippen molar-refractivity contribution in [2.75, 3.05) is 7.05 Å². The average molecular weight is 148 g/mol. The van der Waals surface area contributed by atoms with Crippen LogP contribution in [0.15, 0.2) is 0 Å². The predicted molar refractivity (Wildman–Crippen MR) is 41.5 cm³/mol. The Hall–Kier alpha value is -0.190. The highest BCUT2D eigenvalue weighted by Gasteiger charge is 2.08. The third-order valence-electron chi connectivity index (χ3n) is 1.31. The average Bonchev–Trinajstić information content (AvgIpc) is 1.84. The summed E-state index contributed by atoms with van der Waals surface area (Å²) in [6.07, 6.45) is 0.918. The van der Waals surface area contributed by atoms with Crippen LogP contribution in [0.1, 0.15) is 13.3 Å². The summed E-state index contributed by atoms with van der Waals surface area (Å²) in [5, 5.41) is 0.601. The Kier molecular flexibility index (Phi) is 3.68. The smallest absolute Gasteiger partial charge is 0.268 e. The lowest BCUT2D eigenvalue weighted by Gasteiger charge is -2.20. The van der Waals surface area contributed by atoms with Crippen LogP contribution in [0.25, 0.3) is 0 Å². The number of rotatable bonds is 2. The van der Waals surface area contributed by atoms with Crippen molar-refractivity contribution in [3.05, 3.63) is 0 Å². The quantitative estimate of drug-likeness (QED) is 0.396. The summed E-state index contributed by atoms with van der Waals surface area (Å²) in [6.45, 7) is 2.01. The van der Waals surface area contributed by atoms with Gasteiger partial charge in [-0.2, -0.15) is 0 Å². The maximum Gasteiger partial charge on any atom is 0.268 e. The molecule has 1 unspecified atom stereocenters. The van der Waals surface area contributed by atoms with Crippen molar-refractivity contribution in [1.29, 1.82) is 0 Å². The molecule has 54 valence electrons. The van der Waals surface area contributed by atoms with Crippen LogP contribution in [0.4, 0.5) is 0 Å². The number of nitrogens with zero attached hydrogens (tertiary/aromatic N) is 1. The van der Waals surface area contributed by atoms with Gasteiger partial charge in [-0.15, -0.1) is 0 Å². The van der Waals surface area contributed by atoms with Gasteiger partial charge in [0.05, 0.1) is 6.17 Å². The monoisotopic (exact) mass is 148 g/mol. The molecule has 3 nitrogen and oxygen atoms in total. The molecule has 0 aliphatic carbocycles. The molecule has 0 aliphatic rings. The second-order valence-corrected chi connectivity index (χ2v) is 2.45. The Morgan fingerprint density at radius 3 is 2.44 bits per heavy atom. The van der Waals surface area contributed by atoms with E-state index in [1.807, 2.05) is 14.0 Å². The third-order valence-corrected chi connectivity index (χ3v) is 1.60. The van der Waals surface area contributed by atoms with Crippen molar-refractivity contribution in [3.63, 3.8) is 0 Å². The Balaban J connectivity index is 3.72. The van der Waals surface area contributed by atoms with Crippen molar-refractivity contribution in [2.45, 2.75) is 19.5 Å². The first kappa shape index (κ1) is 8.81. The molecular weight excluding hydrogens is 134 g/mol. The first-order valence-corrected chi connectivity index (χ1v) is 3.34. The normalized spacial score (nSPS) is 12.9. The molecule has 0 rings (SSSR count). The molecule has 5 N–H and O–H groups in total. The van der Waals surface area contributed by atoms with Gasteiger partial charge in [0.2, 0.25) is 0 Å². The topological polar surface area (TPSA) is 56.9 Å². The Labute approximate surface area is 61.0 Å². The van der Waals surface area contributed by atoms with Crippen LogP contribution in [0.3, 0.4) is 0 Å². The minimum absolute atomic E-state index is 0.0231. The SMILES string of the molecule is CCC(N)N(C)C([NH3+])=S. The zero-order valence-corrected chi connectivity index (χ0v) is 6.74. The molecule has 0 radical (unpaired) electrons. The molecule has 0 heterocycles. The number of thiocarbonyl (C=S) groups is 1. The third kappa shape index (κ3) is 2.74. The molecule has 4 heteroatoms. The van der Waals surface area contributed by atoms with E-state index in [2.05, 4.69) is 5.73 Å². The zero-order chi connectivity index (χ0) is 7.44. The first-order valence-electron chi connectivity index (χ1n) is 2.94. The summed E-state index contributed by atoms with van der Waals surface area (Å²) >= 11 is 4.80. The maximum atomic E-state index is 5.62. The van der Waals surface area contributed by atoms with E-state index in [4.69, 9.17) is 18.0 Å². The van der Waals surface area contributed by atoms with Gasteiger partial charge in [0.25, 0.3) is 5.11 Å². The van der Waals surface area contributed by atoms with Crippen molar-refractivity contribution < 1.29 is 5.73 Å². The van der Waals surface area contributed by atoms with E-state index in [-0.39, 0.29) is 6.17 Å². The van der Waals surface area contributed by atoms with Crippen LogP contribution in [0.5, 0.6) is 0 Å². The van der Waals surface area contributed by atoms with Gasteiger partial charge in [-0.05, 0) is 6.42 Å². The van der Waals surface area contributed by atoms with E-state index in [1.165, 1.54) is 0 Å². The summed E-state index contributed by atoms with van der Waals surface area (Å²) in [5.41, 5.74) is 9.20. The molecule has 0 amide bonds. The van der Waals surface area contributed by atoms with Gasteiger partial charge in [0, 0.05) is 19.3 Å². The van der Waals surface area contributed by atoms with E-state index in [1.54, 1.807) is 4.90 Å². The summed E-state index contributed by atoms with van der Waals surface area (Å²) in [4.78, 5) is 1.79. The largest absolute Gasteiger partial charge is 0.311 e. The highest BCUT2D eigenvalue weighted by atomic mass is 32.1. The van der Waals surface area contributed by atoms with Crippen LogP contribution < -0.4 is 11.5 Å². The summed E-state index contributed by atoms with van der Waals surface area (Å²) < 4.78 is 0. The van der Waals surface area contributed by atoms with Crippen molar-refractivity contribution >= 4 is 17.3 Å². The number of nitrogens with two attached hydrogens (primary N) is 1.